The predicted molar refractivity (Wildman–Crippen MR) is 120 cm³/mol. The fourth-order valence-electron chi connectivity index (χ4n) is 3.48. The Morgan fingerprint density at radius 2 is 1.47 bits per heavy atom. The van der Waals surface area contributed by atoms with Crippen molar-refractivity contribution >= 4 is 19.9 Å². The Balaban J connectivity index is 1.64. The normalized spacial score (nSPS) is 16.0. The molecule has 176 valence electrons. The highest BCUT2D eigenvalue weighted by Gasteiger charge is 2.31. The number of sulfone groups is 1. The number of piperazine rings is 1. The van der Waals surface area contributed by atoms with Crippen molar-refractivity contribution in [3.63, 3.8) is 0 Å². The lowest BCUT2D eigenvalue weighted by atomic mass is 10.3. The maximum Gasteiger partial charge on any atom is 0.246 e. The second-order valence-electron chi connectivity index (χ2n) is 7.26. The Bertz CT molecular complexity index is 1140. The molecule has 11 heteroatoms. The number of sulfonamides is 1. The molecule has 0 radical (unpaired) electrons. The van der Waals surface area contributed by atoms with E-state index in [1.165, 1.54) is 37.8 Å². The summed E-state index contributed by atoms with van der Waals surface area (Å²) in [4.78, 5) is 2.21. The van der Waals surface area contributed by atoms with Gasteiger partial charge in [0.15, 0.2) is 9.84 Å². The van der Waals surface area contributed by atoms with Crippen molar-refractivity contribution in [2.45, 2.75) is 9.79 Å². The van der Waals surface area contributed by atoms with Crippen LogP contribution in [-0.2, 0) is 19.9 Å². The molecule has 0 amide bonds. The average molecular weight is 485 g/mol. The van der Waals surface area contributed by atoms with Crippen LogP contribution >= 0.6 is 0 Å². The molecule has 1 saturated heterocycles. The molecule has 1 aliphatic rings. The number of nitrogens with zero attached hydrogens (tertiary/aromatic N) is 2. The van der Waals surface area contributed by atoms with Crippen molar-refractivity contribution in [2.24, 2.45) is 0 Å². The molecule has 1 heterocycles. The predicted octanol–water partition coefficient (Wildman–Crippen LogP) is 1.49. The molecule has 2 aromatic carbocycles. The molecule has 3 rings (SSSR count). The zero-order chi connectivity index (χ0) is 23.4. The summed E-state index contributed by atoms with van der Waals surface area (Å²) < 4.78 is 68.5. The molecule has 0 aromatic heterocycles. The van der Waals surface area contributed by atoms with E-state index >= 15 is 0 Å². The Hall–Kier alpha value is -2.34. The van der Waals surface area contributed by atoms with Crippen molar-refractivity contribution in [3.05, 3.63) is 42.5 Å². The molecule has 0 atom stereocenters. The van der Waals surface area contributed by atoms with Gasteiger partial charge in [-0.3, -0.25) is 4.90 Å². The Kier molecular flexibility index (Phi) is 7.65. The molecular formula is C21H28N2O7S2. The van der Waals surface area contributed by atoms with Crippen LogP contribution < -0.4 is 14.2 Å². The number of benzene rings is 2. The van der Waals surface area contributed by atoms with E-state index in [2.05, 4.69) is 0 Å². The molecule has 0 spiro atoms. The van der Waals surface area contributed by atoms with E-state index < -0.39 is 19.9 Å². The first-order chi connectivity index (χ1) is 15.2. The first kappa shape index (κ1) is 24.3. The lowest BCUT2D eigenvalue weighted by molar-refractivity contribution is 0.196. The van der Waals surface area contributed by atoms with Crippen molar-refractivity contribution in [1.82, 2.24) is 9.21 Å². The first-order valence-electron chi connectivity index (χ1n) is 10.0. The van der Waals surface area contributed by atoms with Crippen molar-refractivity contribution < 1.29 is 31.0 Å². The van der Waals surface area contributed by atoms with Crippen molar-refractivity contribution in [2.75, 3.05) is 59.8 Å². The lowest BCUT2D eigenvalue weighted by Gasteiger charge is -2.34. The SMILES string of the molecule is COc1cccc(S(=O)(=O)CCN2CCN(S(=O)(=O)c3cc(OC)ccc3OC)CC2)c1. The maximum absolute atomic E-state index is 13.2. The zero-order valence-electron chi connectivity index (χ0n) is 18.4. The van der Waals surface area contributed by atoms with Crippen LogP contribution in [0.15, 0.2) is 52.3 Å². The van der Waals surface area contributed by atoms with E-state index in [-0.39, 0.29) is 34.4 Å². The Labute approximate surface area is 189 Å². The topological polar surface area (TPSA) is 102 Å². The summed E-state index contributed by atoms with van der Waals surface area (Å²) >= 11 is 0. The highest BCUT2D eigenvalue weighted by Crippen LogP contribution is 2.31. The molecule has 1 fully saturated rings. The summed E-state index contributed by atoms with van der Waals surface area (Å²) in [6.07, 6.45) is 0. The third kappa shape index (κ3) is 5.34. The van der Waals surface area contributed by atoms with Gasteiger partial charge in [0.2, 0.25) is 10.0 Å². The van der Waals surface area contributed by atoms with Crippen LogP contribution in [0.4, 0.5) is 0 Å². The van der Waals surface area contributed by atoms with Gasteiger partial charge in [-0.25, -0.2) is 16.8 Å². The van der Waals surface area contributed by atoms with E-state index in [0.717, 1.165) is 0 Å². The number of hydrogen-bond acceptors (Lipinski definition) is 8. The van der Waals surface area contributed by atoms with Gasteiger partial charge in [-0.2, -0.15) is 4.31 Å². The Morgan fingerprint density at radius 3 is 2.09 bits per heavy atom. The van der Waals surface area contributed by atoms with Gasteiger partial charge in [0.05, 0.1) is 32.0 Å². The van der Waals surface area contributed by atoms with Crippen LogP contribution in [0.3, 0.4) is 0 Å². The summed E-state index contributed by atoms with van der Waals surface area (Å²) in [6, 6.07) is 11.0. The van der Waals surface area contributed by atoms with E-state index in [0.29, 0.717) is 31.1 Å². The molecular weight excluding hydrogens is 456 g/mol. The second kappa shape index (κ2) is 10.1. The minimum Gasteiger partial charge on any atom is -0.497 e. The molecule has 0 aliphatic carbocycles. The van der Waals surface area contributed by atoms with Gasteiger partial charge >= 0.3 is 0 Å². The molecule has 0 saturated carbocycles. The van der Waals surface area contributed by atoms with Crippen LogP contribution in [0.25, 0.3) is 0 Å². The van der Waals surface area contributed by atoms with Gasteiger partial charge in [0.1, 0.15) is 22.1 Å². The van der Waals surface area contributed by atoms with E-state index in [1.54, 1.807) is 30.3 Å². The van der Waals surface area contributed by atoms with Crippen molar-refractivity contribution in [3.8, 4) is 17.2 Å². The largest absolute Gasteiger partial charge is 0.497 e. The highest BCUT2D eigenvalue weighted by atomic mass is 32.2. The smallest absolute Gasteiger partial charge is 0.246 e. The molecule has 32 heavy (non-hydrogen) atoms. The minimum atomic E-state index is -3.79. The molecule has 0 unspecified atom stereocenters. The van der Waals surface area contributed by atoms with Crippen LogP contribution in [-0.4, -0.2) is 85.8 Å². The lowest BCUT2D eigenvalue weighted by Crippen LogP contribution is -2.49. The highest BCUT2D eigenvalue weighted by molar-refractivity contribution is 7.91. The minimum absolute atomic E-state index is 0.0494. The van der Waals surface area contributed by atoms with E-state index in [1.807, 2.05) is 4.90 Å². The standard InChI is InChI=1S/C21H28N2O7S2/c1-28-17-5-4-6-19(15-17)31(24,25)14-13-22-9-11-23(12-10-22)32(26,27)21-16-18(29-2)7-8-20(21)30-3/h4-8,15-16H,9-14H2,1-3H3. The first-order valence-corrected chi connectivity index (χ1v) is 13.1. The van der Waals surface area contributed by atoms with Crippen LogP contribution in [0.2, 0.25) is 0 Å². The quantitative estimate of drug-likeness (QED) is 0.528. The van der Waals surface area contributed by atoms with Gasteiger partial charge in [-0.05, 0) is 30.3 Å². The summed E-state index contributed by atoms with van der Waals surface area (Å²) in [6.45, 7) is 1.68. The summed E-state index contributed by atoms with van der Waals surface area (Å²) in [5.74, 6) is 1.10. The van der Waals surface area contributed by atoms with Crippen molar-refractivity contribution in [1.29, 1.82) is 0 Å². The fraction of sp³-hybridized carbons (Fsp3) is 0.429. The molecule has 0 bridgehead atoms. The number of hydrogen-bond donors (Lipinski definition) is 0. The van der Waals surface area contributed by atoms with Gasteiger partial charge in [0, 0.05) is 38.8 Å². The van der Waals surface area contributed by atoms with Crippen LogP contribution in [0, 0.1) is 0 Å². The number of methoxy groups -OCH3 is 3. The van der Waals surface area contributed by atoms with E-state index in [9.17, 15) is 16.8 Å². The zero-order valence-corrected chi connectivity index (χ0v) is 20.0. The third-order valence-electron chi connectivity index (χ3n) is 5.40. The molecule has 1 aliphatic heterocycles. The fourth-order valence-corrected chi connectivity index (χ4v) is 6.39. The maximum atomic E-state index is 13.2. The van der Waals surface area contributed by atoms with Gasteiger partial charge < -0.3 is 14.2 Å². The molecule has 2 aromatic rings. The summed E-state index contributed by atoms with van der Waals surface area (Å²) in [5.41, 5.74) is 0. The van der Waals surface area contributed by atoms with Gasteiger partial charge in [-0.15, -0.1) is 0 Å². The van der Waals surface area contributed by atoms with Crippen LogP contribution in [0.5, 0.6) is 17.2 Å². The van der Waals surface area contributed by atoms with Gasteiger partial charge in [-0.1, -0.05) is 6.07 Å². The molecule has 0 N–H and O–H groups in total. The Morgan fingerprint density at radius 1 is 0.812 bits per heavy atom. The molecule has 9 nitrogen and oxygen atoms in total. The average Bonchev–Trinajstić information content (AvgIpc) is 2.82. The number of rotatable bonds is 9. The second-order valence-corrected chi connectivity index (χ2v) is 11.3. The number of ether oxygens (including phenoxy) is 3. The summed E-state index contributed by atoms with van der Waals surface area (Å²) in [5, 5.41) is 0. The van der Waals surface area contributed by atoms with E-state index in [4.69, 9.17) is 14.2 Å². The van der Waals surface area contributed by atoms with Gasteiger partial charge in [0.25, 0.3) is 0 Å². The summed E-state index contributed by atoms with van der Waals surface area (Å²) in [7, 11) is -2.89. The van der Waals surface area contributed by atoms with Crippen LogP contribution in [0.1, 0.15) is 0 Å². The third-order valence-corrected chi connectivity index (χ3v) is 9.01. The monoisotopic (exact) mass is 484 g/mol.